The van der Waals surface area contributed by atoms with Crippen molar-refractivity contribution in [1.29, 1.82) is 0 Å². The Morgan fingerprint density at radius 2 is 1.38 bits per heavy atom. The summed E-state index contributed by atoms with van der Waals surface area (Å²) in [4.78, 5) is 43.8. The van der Waals surface area contributed by atoms with E-state index in [-0.39, 0.29) is 42.5 Å². The number of para-hydroxylation sites is 2. The molecule has 2 aliphatic heterocycles. The summed E-state index contributed by atoms with van der Waals surface area (Å²) >= 11 is 1.65. The zero-order valence-corrected chi connectivity index (χ0v) is 16.9. The molecule has 2 heterocycles. The van der Waals surface area contributed by atoms with E-state index in [1.807, 2.05) is 48.5 Å². The van der Waals surface area contributed by atoms with Gasteiger partial charge in [-0.2, -0.15) is 0 Å². The molecule has 2 aromatic rings. The Balaban J connectivity index is 1.38. The first-order valence-corrected chi connectivity index (χ1v) is 11.0. The molecule has 2 aromatic carbocycles. The third-order valence-electron chi connectivity index (χ3n) is 6.16. The molecule has 0 spiro atoms. The maximum atomic E-state index is 13.3. The standard InChI is InChI=1S/C23H22N2O3S/c26-21(13-14-24-22(27)15-7-1-2-8-16(15)23(24)28)25-17-9-3-5-11-19(17)29-20-12-6-4-10-18(20)25/h3-6,9-12,15-16H,1-2,7-8,13-14H2/t15-,16+. The van der Waals surface area contributed by atoms with Crippen LogP contribution in [0.4, 0.5) is 11.4 Å². The van der Waals surface area contributed by atoms with Crippen LogP contribution in [0.1, 0.15) is 32.1 Å². The van der Waals surface area contributed by atoms with Crippen LogP contribution < -0.4 is 4.90 Å². The molecule has 0 unspecified atom stereocenters. The number of carbonyl (C=O) groups excluding carboxylic acids is 3. The maximum Gasteiger partial charge on any atom is 0.233 e. The molecule has 1 saturated heterocycles. The number of amides is 3. The fraction of sp³-hybridized carbons (Fsp3) is 0.348. The van der Waals surface area contributed by atoms with Crippen molar-refractivity contribution in [2.45, 2.75) is 41.9 Å². The molecule has 29 heavy (non-hydrogen) atoms. The van der Waals surface area contributed by atoms with Crippen molar-refractivity contribution in [3.8, 4) is 0 Å². The zero-order valence-electron chi connectivity index (χ0n) is 16.0. The second-order valence-electron chi connectivity index (χ2n) is 7.84. The third kappa shape index (κ3) is 3.06. The number of anilines is 2. The van der Waals surface area contributed by atoms with E-state index in [0.717, 1.165) is 46.8 Å². The van der Waals surface area contributed by atoms with E-state index in [9.17, 15) is 14.4 Å². The summed E-state index contributed by atoms with van der Waals surface area (Å²) in [5.74, 6) is -0.593. The summed E-state index contributed by atoms with van der Waals surface area (Å²) < 4.78 is 0. The van der Waals surface area contributed by atoms with E-state index in [4.69, 9.17) is 0 Å². The monoisotopic (exact) mass is 406 g/mol. The first-order valence-electron chi connectivity index (χ1n) is 10.2. The Labute approximate surface area is 174 Å². The first-order chi connectivity index (χ1) is 14.1. The molecule has 5 rings (SSSR count). The van der Waals surface area contributed by atoms with Gasteiger partial charge in [0.25, 0.3) is 0 Å². The quantitative estimate of drug-likeness (QED) is 0.710. The fourth-order valence-electron chi connectivity index (χ4n) is 4.74. The van der Waals surface area contributed by atoms with Crippen molar-refractivity contribution in [3.05, 3.63) is 48.5 Å². The lowest BCUT2D eigenvalue weighted by Crippen LogP contribution is -2.36. The van der Waals surface area contributed by atoms with Crippen molar-refractivity contribution in [1.82, 2.24) is 4.90 Å². The molecular weight excluding hydrogens is 384 g/mol. The van der Waals surface area contributed by atoms with Gasteiger partial charge in [0.1, 0.15) is 0 Å². The van der Waals surface area contributed by atoms with Gasteiger partial charge in [0.2, 0.25) is 17.7 Å². The van der Waals surface area contributed by atoms with Gasteiger partial charge >= 0.3 is 0 Å². The second-order valence-corrected chi connectivity index (χ2v) is 8.93. The van der Waals surface area contributed by atoms with Crippen molar-refractivity contribution in [2.75, 3.05) is 11.4 Å². The van der Waals surface area contributed by atoms with Crippen molar-refractivity contribution >= 4 is 40.9 Å². The Bertz CT molecular complexity index is 936. The summed E-state index contributed by atoms with van der Waals surface area (Å²) in [6, 6.07) is 15.7. The molecule has 148 valence electrons. The van der Waals surface area contributed by atoms with Crippen LogP contribution in [0, 0.1) is 11.8 Å². The summed E-state index contributed by atoms with van der Waals surface area (Å²) in [7, 11) is 0. The maximum absolute atomic E-state index is 13.3. The van der Waals surface area contributed by atoms with Gasteiger partial charge in [0, 0.05) is 22.8 Å². The Hall–Kier alpha value is -2.60. The van der Waals surface area contributed by atoms with E-state index in [0.29, 0.717) is 0 Å². The Kier molecular flexibility index (Phi) is 4.66. The van der Waals surface area contributed by atoms with Gasteiger partial charge < -0.3 is 0 Å². The topological polar surface area (TPSA) is 57.7 Å². The van der Waals surface area contributed by atoms with Gasteiger partial charge in [-0.05, 0) is 37.1 Å². The Morgan fingerprint density at radius 3 is 1.93 bits per heavy atom. The molecule has 0 N–H and O–H groups in total. The third-order valence-corrected chi connectivity index (χ3v) is 7.29. The molecule has 0 bridgehead atoms. The van der Waals surface area contributed by atoms with Crippen LogP contribution in [0.3, 0.4) is 0 Å². The van der Waals surface area contributed by atoms with Crippen molar-refractivity contribution in [2.24, 2.45) is 11.8 Å². The van der Waals surface area contributed by atoms with Gasteiger partial charge in [-0.25, -0.2) is 0 Å². The van der Waals surface area contributed by atoms with E-state index >= 15 is 0 Å². The van der Waals surface area contributed by atoms with Crippen LogP contribution in [0.2, 0.25) is 0 Å². The van der Waals surface area contributed by atoms with E-state index in [1.54, 1.807) is 16.7 Å². The highest BCUT2D eigenvalue weighted by molar-refractivity contribution is 7.99. The van der Waals surface area contributed by atoms with Crippen LogP contribution in [-0.4, -0.2) is 29.2 Å². The molecule has 5 nitrogen and oxygen atoms in total. The summed E-state index contributed by atoms with van der Waals surface area (Å²) in [6.45, 7) is 0.164. The molecule has 3 aliphatic rings. The smallest absolute Gasteiger partial charge is 0.233 e. The molecule has 2 fully saturated rings. The molecular formula is C23H22N2O3S. The SMILES string of the molecule is O=C1[C@H]2CCCC[C@H]2C(=O)N1CCC(=O)N1c2ccccc2Sc2ccccc21. The minimum absolute atomic E-state index is 0.0810. The van der Waals surface area contributed by atoms with E-state index < -0.39 is 0 Å². The summed E-state index contributed by atoms with van der Waals surface area (Å²) in [5, 5.41) is 0. The van der Waals surface area contributed by atoms with Gasteiger partial charge in [-0.1, -0.05) is 48.9 Å². The number of benzene rings is 2. The number of likely N-dealkylation sites (tertiary alicyclic amines) is 1. The first kappa shape index (κ1) is 18.4. The highest BCUT2D eigenvalue weighted by atomic mass is 32.2. The molecule has 0 radical (unpaired) electrons. The van der Waals surface area contributed by atoms with Crippen LogP contribution in [0.5, 0.6) is 0 Å². The van der Waals surface area contributed by atoms with E-state index in [2.05, 4.69) is 0 Å². The second kappa shape index (κ2) is 7.34. The summed E-state index contributed by atoms with van der Waals surface area (Å²) in [6.07, 6.45) is 3.73. The van der Waals surface area contributed by atoms with Crippen LogP contribution >= 0.6 is 11.8 Å². The van der Waals surface area contributed by atoms with Crippen molar-refractivity contribution in [3.63, 3.8) is 0 Å². The molecule has 6 heteroatoms. The lowest BCUT2D eigenvalue weighted by Gasteiger charge is -2.31. The number of rotatable bonds is 3. The normalized spacial score (nSPS) is 22.9. The minimum Gasteiger partial charge on any atom is -0.282 e. The number of hydrogen-bond acceptors (Lipinski definition) is 4. The zero-order chi connectivity index (χ0) is 20.0. The van der Waals surface area contributed by atoms with Crippen LogP contribution in [0.15, 0.2) is 58.3 Å². The lowest BCUT2D eigenvalue weighted by molar-refractivity contribution is -0.140. The molecule has 1 aliphatic carbocycles. The van der Waals surface area contributed by atoms with Crippen LogP contribution in [0.25, 0.3) is 0 Å². The number of nitrogens with zero attached hydrogens (tertiary/aromatic N) is 2. The van der Waals surface area contributed by atoms with Gasteiger partial charge in [-0.15, -0.1) is 0 Å². The highest BCUT2D eigenvalue weighted by Crippen LogP contribution is 2.48. The molecule has 3 amide bonds. The predicted octanol–water partition coefficient (Wildman–Crippen LogP) is 4.38. The Morgan fingerprint density at radius 1 is 0.862 bits per heavy atom. The number of fused-ring (bicyclic) bond motifs is 3. The van der Waals surface area contributed by atoms with E-state index in [1.165, 1.54) is 4.90 Å². The molecule has 0 aromatic heterocycles. The fourth-order valence-corrected chi connectivity index (χ4v) is 5.80. The average Bonchev–Trinajstić information content (AvgIpc) is 3.00. The number of imide groups is 1. The highest BCUT2D eigenvalue weighted by Gasteiger charge is 2.48. The van der Waals surface area contributed by atoms with Gasteiger partial charge in [0.15, 0.2) is 0 Å². The van der Waals surface area contributed by atoms with Gasteiger partial charge in [0.05, 0.1) is 23.2 Å². The van der Waals surface area contributed by atoms with Gasteiger partial charge in [-0.3, -0.25) is 24.2 Å². The number of carbonyl (C=O) groups is 3. The largest absolute Gasteiger partial charge is 0.282 e. The minimum atomic E-state index is -0.167. The average molecular weight is 407 g/mol. The molecule has 2 atom stereocenters. The van der Waals surface area contributed by atoms with Crippen molar-refractivity contribution < 1.29 is 14.4 Å². The summed E-state index contributed by atoms with van der Waals surface area (Å²) in [5.41, 5.74) is 1.71. The van der Waals surface area contributed by atoms with Crippen LogP contribution in [-0.2, 0) is 14.4 Å². The predicted molar refractivity (Wildman–Crippen MR) is 111 cm³/mol. The molecule has 1 saturated carbocycles. The lowest BCUT2D eigenvalue weighted by atomic mass is 9.81. The number of hydrogen-bond donors (Lipinski definition) is 0.